The van der Waals surface area contributed by atoms with E-state index in [1.54, 1.807) is 0 Å². The molecular weight excluding hydrogens is 429 g/mol. The maximum Gasteiger partial charge on any atom is 0.416 e. The van der Waals surface area contributed by atoms with Gasteiger partial charge in [-0.15, -0.1) is 0 Å². The van der Waals surface area contributed by atoms with Crippen LogP contribution in [-0.2, 0) is 26.2 Å². The number of benzene rings is 2. The zero-order valence-corrected chi connectivity index (χ0v) is 16.8. The fraction of sp³-hybridized carbons (Fsp3) is 0.333. The van der Waals surface area contributed by atoms with Gasteiger partial charge in [0.1, 0.15) is 0 Å². The summed E-state index contributed by atoms with van der Waals surface area (Å²) in [6.45, 7) is 0.857. The zero-order chi connectivity index (χ0) is 21.3. The summed E-state index contributed by atoms with van der Waals surface area (Å²) < 4.78 is 91.5. The average Bonchev–Trinajstić information content (AvgIpc) is 2.68. The summed E-state index contributed by atoms with van der Waals surface area (Å²) in [7, 11) is -7.78. The molecule has 0 bridgehead atoms. The van der Waals surface area contributed by atoms with Crippen LogP contribution in [0.3, 0.4) is 0 Å². The number of halogens is 3. The molecule has 1 aliphatic heterocycles. The van der Waals surface area contributed by atoms with Gasteiger partial charge >= 0.3 is 6.18 Å². The third-order valence-electron chi connectivity index (χ3n) is 4.55. The van der Waals surface area contributed by atoms with Crippen LogP contribution in [0, 0.1) is 0 Å². The molecule has 1 N–H and O–H groups in total. The van der Waals surface area contributed by atoms with Gasteiger partial charge in [0.25, 0.3) is 10.0 Å². The van der Waals surface area contributed by atoms with Crippen LogP contribution >= 0.6 is 0 Å². The summed E-state index contributed by atoms with van der Waals surface area (Å²) in [4.78, 5) is -0.206. The molecule has 1 aliphatic rings. The standard InChI is InChI=1S/C18H19F3N2O4S2/c19-18(20,21)14-4-6-15(7-5-14)22-28(24,25)16-8-10-17(11-9-16)29(26,27)23-12-2-1-3-13-23/h4-11,22H,1-3,12-13H2. The number of piperidine rings is 1. The highest BCUT2D eigenvalue weighted by Crippen LogP contribution is 2.30. The van der Waals surface area contributed by atoms with Crippen molar-refractivity contribution in [3.8, 4) is 0 Å². The number of rotatable bonds is 5. The lowest BCUT2D eigenvalue weighted by Crippen LogP contribution is -2.35. The van der Waals surface area contributed by atoms with Crippen molar-refractivity contribution in [1.29, 1.82) is 0 Å². The van der Waals surface area contributed by atoms with Crippen LogP contribution in [0.4, 0.5) is 18.9 Å². The maximum atomic E-state index is 12.6. The summed E-state index contributed by atoms with van der Waals surface area (Å²) in [5.74, 6) is 0. The number of nitrogens with one attached hydrogen (secondary N) is 1. The first-order valence-electron chi connectivity index (χ1n) is 8.80. The summed E-state index contributed by atoms with van der Waals surface area (Å²) in [5.41, 5.74) is -0.935. The largest absolute Gasteiger partial charge is 0.416 e. The van der Waals surface area contributed by atoms with Crippen LogP contribution < -0.4 is 4.72 Å². The minimum Gasteiger partial charge on any atom is -0.280 e. The molecule has 0 spiro atoms. The summed E-state index contributed by atoms with van der Waals surface area (Å²) in [6, 6.07) is 8.30. The van der Waals surface area contributed by atoms with Gasteiger partial charge in [-0.3, -0.25) is 4.72 Å². The van der Waals surface area contributed by atoms with E-state index in [1.165, 1.54) is 16.4 Å². The Kier molecular flexibility index (Phi) is 5.93. The molecule has 1 fully saturated rings. The summed E-state index contributed by atoms with van der Waals surface area (Å²) >= 11 is 0. The molecule has 1 saturated heterocycles. The Balaban J connectivity index is 1.78. The average molecular weight is 448 g/mol. The second-order valence-corrected chi connectivity index (χ2v) is 10.2. The smallest absolute Gasteiger partial charge is 0.280 e. The van der Waals surface area contributed by atoms with E-state index in [1.807, 2.05) is 0 Å². The second kappa shape index (κ2) is 7.96. The SMILES string of the molecule is O=S(=O)(Nc1ccc(C(F)(F)F)cc1)c1ccc(S(=O)(=O)N2CCCCC2)cc1. The lowest BCUT2D eigenvalue weighted by Gasteiger charge is -2.25. The van der Waals surface area contributed by atoms with Crippen molar-refractivity contribution >= 4 is 25.7 Å². The molecule has 1 heterocycles. The Hall–Kier alpha value is -2.11. The van der Waals surface area contributed by atoms with Gasteiger partial charge in [0.15, 0.2) is 0 Å². The molecule has 0 radical (unpaired) electrons. The van der Waals surface area contributed by atoms with Gasteiger partial charge in [0, 0.05) is 18.8 Å². The third kappa shape index (κ3) is 4.90. The van der Waals surface area contributed by atoms with E-state index in [9.17, 15) is 30.0 Å². The van der Waals surface area contributed by atoms with E-state index in [4.69, 9.17) is 0 Å². The molecule has 11 heteroatoms. The van der Waals surface area contributed by atoms with Gasteiger partial charge in [-0.05, 0) is 61.4 Å². The number of hydrogen-bond donors (Lipinski definition) is 1. The number of sulfonamides is 2. The van der Waals surface area contributed by atoms with E-state index in [2.05, 4.69) is 4.72 Å². The number of nitrogens with zero attached hydrogens (tertiary/aromatic N) is 1. The minimum atomic E-state index is -4.52. The van der Waals surface area contributed by atoms with Crippen LogP contribution in [0.25, 0.3) is 0 Å². The van der Waals surface area contributed by atoms with Crippen molar-refractivity contribution in [2.24, 2.45) is 0 Å². The summed E-state index contributed by atoms with van der Waals surface area (Å²) in [6.07, 6.45) is -1.99. The van der Waals surface area contributed by atoms with Crippen LogP contribution in [-0.4, -0.2) is 34.2 Å². The highest BCUT2D eigenvalue weighted by atomic mass is 32.2. The molecule has 0 atom stereocenters. The van der Waals surface area contributed by atoms with Crippen LogP contribution in [0.5, 0.6) is 0 Å². The Morgan fingerprint density at radius 2 is 1.28 bits per heavy atom. The first kappa shape index (κ1) is 21.6. The van der Waals surface area contributed by atoms with E-state index in [0.29, 0.717) is 13.1 Å². The van der Waals surface area contributed by atoms with Crippen molar-refractivity contribution in [3.05, 3.63) is 54.1 Å². The first-order valence-corrected chi connectivity index (χ1v) is 11.7. The quantitative estimate of drug-likeness (QED) is 0.756. The van der Waals surface area contributed by atoms with Crippen molar-refractivity contribution < 1.29 is 30.0 Å². The molecule has 0 aromatic heterocycles. The van der Waals surface area contributed by atoms with E-state index in [-0.39, 0.29) is 15.5 Å². The maximum absolute atomic E-state index is 12.6. The minimum absolute atomic E-state index is 0.00659. The molecule has 158 valence electrons. The Bertz CT molecular complexity index is 1060. The van der Waals surface area contributed by atoms with Crippen LogP contribution in [0.1, 0.15) is 24.8 Å². The van der Waals surface area contributed by atoms with E-state index < -0.39 is 31.8 Å². The van der Waals surface area contributed by atoms with Crippen LogP contribution in [0.15, 0.2) is 58.3 Å². The van der Waals surface area contributed by atoms with Gasteiger partial charge < -0.3 is 0 Å². The zero-order valence-electron chi connectivity index (χ0n) is 15.2. The van der Waals surface area contributed by atoms with E-state index >= 15 is 0 Å². The molecule has 0 amide bonds. The molecule has 0 unspecified atom stereocenters. The Labute approximate surface area is 167 Å². The topological polar surface area (TPSA) is 83.5 Å². The van der Waals surface area contributed by atoms with Crippen molar-refractivity contribution in [2.75, 3.05) is 17.8 Å². The third-order valence-corrected chi connectivity index (χ3v) is 7.86. The number of hydrogen-bond acceptors (Lipinski definition) is 4. The van der Waals surface area contributed by atoms with Crippen molar-refractivity contribution in [3.63, 3.8) is 0 Å². The summed E-state index contributed by atoms with van der Waals surface area (Å²) in [5, 5.41) is 0. The highest BCUT2D eigenvalue weighted by Gasteiger charge is 2.30. The second-order valence-electron chi connectivity index (χ2n) is 6.62. The molecule has 2 aromatic carbocycles. The Morgan fingerprint density at radius 1 is 0.759 bits per heavy atom. The van der Waals surface area contributed by atoms with E-state index in [0.717, 1.165) is 55.7 Å². The van der Waals surface area contributed by atoms with Crippen molar-refractivity contribution in [2.45, 2.75) is 35.2 Å². The lowest BCUT2D eigenvalue weighted by atomic mass is 10.2. The molecule has 6 nitrogen and oxygen atoms in total. The fourth-order valence-electron chi connectivity index (χ4n) is 2.99. The van der Waals surface area contributed by atoms with Crippen molar-refractivity contribution in [1.82, 2.24) is 4.31 Å². The first-order chi connectivity index (χ1) is 13.5. The number of alkyl halides is 3. The lowest BCUT2D eigenvalue weighted by molar-refractivity contribution is -0.137. The molecule has 3 rings (SSSR count). The normalized spacial score (nSPS) is 16.5. The number of anilines is 1. The van der Waals surface area contributed by atoms with Gasteiger partial charge in [-0.25, -0.2) is 16.8 Å². The molecule has 2 aromatic rings. The van der Waals surface area contributed by atoms with Gasteiger partial charge in [0.2, 0.25) is 10.0 Å². The monoisotopic (exact) mass is 448 g/mol. The molecule has 0 aliphatic carbocycles. The Morgan fingerprint density at radius 3 is 1.79 bits per heavy atom. The molecular formula is C18H19F3N2O4S2. The predicted octanol–water partition coefficient (Wildman–Crippen LogP) is 3.68. The predicted molar refractivity (Wildman–Crippen MR) is 101 cm³/mol. The van der Waals surface area contributed by atoms with Gasteiger partial charge in [-0.2, -0.15) is 17.5 Å². The van der Waals surface area contributed by atoms with Gasteiger partial charge in [0.05, 0.1) is 15.4 Å². The molecule has 0 saturated carbocycles. The van der Waals surface area contributed by atoms with Gasteiger partial charge in [-0.1, -0.05) is 6.42 Å². The van der Waals surface area contributed by atoms with Crippen LogP contribution in [0.2, 0.25) is 0 Å². The fourth-order valence-corrected chi connectivity index (χ4v) is 5.56. The highest BCUT2D eigenvalue weighted by molar-refractivity contribution is 7.92. The molecule has 29 heavy (non-hydrogen) atoms.